The fraction of sp³-hybridized carbons (Fsp3) is 0.889. The van der Waals surface area contributed by atoms with Gasteiger partial charge in [0.25, 0.3) is 0 Å². The van der Waals surface area contributed by atoms with Gasteiger partial charge >= 0.3 is 0 Å². The van der Waals surface area contributed by atoms with Gasteiger partial charge in [0, 0.05) is 19.0 Å². The maximum Gasteiger partial charge on any atom is 0.224 e. The normalized spacial score (nSPS) is 12.5. The van der Waals surface area contributed by atoms with E-state index in [1.54, 1.807) is 0 Å². The van der Waals surface area contributed by atoms with Crippen molar-refractivity contribution in [3.05, 3.63) is 0 Å². The first-order chi connectivity index (χ1) is 6.26. The summed E-state index contributed by atoms with van der Waals surface area (Å²) in [6.07, 6.45) is 2.71. The number of nitrogens with two attached hydrogens (primary N) is 2. The molecular weight excluding hydrogens is 166 g/mol. The highest BCUT2D eigenvalue weighted by atomic mass is 16.1. The zero-order valence-corrected chi connectivity index (χ0v) is 8.38. The Labute approximate surface area is 80.0 Å². The van der Waals surface area contributed by atoms with E-state index >= 15 is 0 Å². The number of unbranched alkanes of at least 4 members (excludes halogenated alkanes) is 1. The Kier molecular flexibility index (Phi) is 7.63. The molecule has 0 spiro atoms. The van der Waals surface area contributed by atoms with Crippen LogP contribution in [0.5, 0.6) is 0 Å². The van der Waals surface area contributed by atoms with Gasteiger partial charge in [-0.2, -0.15) is 0 Å². The first-order valence-electron chi connectivity index (χ1n) is 4.94. The van der Waals surface area contributed by atoms with Crippen LogP contribution >= 0.6 is 0 Å². The SMILES string of the molecule is CCC(CN)C(=O)NCCCCN. The molecule has 78 valence electrons. The topological polar surface area (TPSA) is 81.1 Å². The molecular formula is C9H21N3O. The molecule has 0 aromatic carbocycles. The quantitative estimate of drug-likeness (QED) is 0.484. The number of amides is 1. The van der Waals surface area contributed by atoms with Crippen LogP contribution in [0.2, 0.25) is 0 Å². The van der Waals surface area contributed by atoms with Crippen LogP contribution < -0.4 is 16.8 Å². The lowest BCUT2D eigenvalue weighted by molar-refractivity contribution is -0.124. The second kappa shape index (κ2) is 8.01. The van der Waals surface area contributed by atoms with Gasteiger partial charge in [0.2, 0.25) is 5.91 Å². The fourth-order valence-corrected chi connectivity index (χ4v) is 1.08. The Balaban J connectivity index is 3.48. The number of nitrogens with one attached hydrogen (secondary N) is 1. The van der Waals surface area contributed by atoms with E-state index < -0.39 is 0 Å². The van der Waals surface area contributed by atoms with E-state index in [-0.39, 0.29) is 11.8 Å². The number of rotatable bonds is 7. The van der Waals surface area contributed by atoms with Crippen molar-refractivity contribution < 1.29 is 4.79 Å². The van der Waals surface area contributed by atoms with Gasteiger partial charge in [0.05, 0.1) is 0 Å². The Morgan fingerprint density at radius 1 is 1.38 bits per heavy atom. The fourth-order valence-electron chi connectivity index (χ4n) is 1.08. The summed E-state index contributed by atoms with van der Waals surface area (Å²) in [5.74, 6) is 0.0416. The molecule has 0 aliphatic rings. The maximum absolute atomic E-state index is 11.3. The summed E-state index contributed by atoms with van der Waals surface area (Å²) in [6, 6.07) is 0. The first kappa shape index (κ1) is 12.4. The molecule has 0 fully saturated rings. The van der Waals surface area contributed by atoms with Gasteiger partial charge in [-0.05, 0) is 25.8 Å². The third kappa shape index (κ3) is 5.60. The van der Waals surface area contributed by atoms with Crippen molar-refractivity contribution in [3.63, 3.8) is 0 Å². The largest absolute Gasteiger partial charge is 0.356 e. The van der Waals surface area contributed by atoms with Crippen LogP contribution in [0.15, 0.2) is 0 Å². The molecule has 5 N–H and O–H groups in total. The molecule has 0 aliphatic carbocycles. The van der Waals surface area contributed by atoms with Crippen LogP contribution in [0, 0.1) is 5.92 Å². The second-order valence-corrected chi connectivity index (χ2v) is 3.13. The summed E-state index contributed by atoms with van der Waals surface area (Å²) in [7, 11) is 0. The molecule has 0 aliphatic heterocycles. The summed E-state index contributed by atoms with van der Waals surface area (Å²) in [5.41, 5.74) is 10.8. The molecule has 13 heavy (non-hydrogen) atoms. The van der Waals surface area contributed by atoms with Crippen LogP contribution in [-0.2, 0) is 4.79 Å². The summed E-state index contributed by atoms with van der Waals surface area (Å²) >= 11 is 0. The van der Waals surface area contributed by atoms with E-state index in [1.807, 2.05) is 6.92 Å². The summed E-state index contributed by atoms with van der Waals surface area (Å²) < 4.78 is 0. The molecule has 1 unspecified atom stereocenters. The number of carbonyl (C=O) groups is 1. The smallest absolute Gasteiger partial charge is 0.224 e. The zero-order chi connectivity index (χ0) is 10.1. The Bertz CT molecular complexity index is 135. The zero-order valence-electron chi connectivity index (χ0n) is 8.38. The summed E-state index contributed by atoms with van der Waals surface area (Å²) in [4.78, 5) is 11.3. The lowest BCUT2D eigenvalue weighted by Crippen LogP contribution is -2.35. The molecule has 0 heterocycles. The molecule has 4 heteroatoms. The van der Waals surface area contributed by atoms with Crippen molar-refractivity contribution in [1.82, 2.24) is 5.32 Å². The minimum atomic E-state index is -0.0297. The van der Waals surface area contributed by atoms with E-state index in [4.69, 9.17) is 11.5 Å². The van der Waals surface area contributed by atoms with Gasteiger partial charge in [0.1, 0.15) is 0 Å². The van der Waals surface area contributed by atoms with Crippen LogP contribution in [0.25, 0.3) is 0 Å². The third-order valence-electron chi connectivity index (χ3n) is 2.08. The summed E-state index contributed by atoms with van der Waals surface area (Å²) in [6.45, 7) is 3.80. The van der Waals surface area contributed by atoms with E-state index in [9.17, 15) is 4.79 Å². The van der Waals surface area contributed by atoms with Gasteiger partial charge in [-0.25, -0.2) is 0 Å². The molecule has 0 aromatic heterocycles. The highest BCUT2D eigenvalue weighted by Gasteiger charge is 2.12. The van der Waals surface area contributed by atoms with Crippen molar-refractivity contribution in [2.24, 2.45) is 17.4 Å². The van der Waals surface area contributed by atoms with Crippen molar-refractivity contribution in [3.8, 4) is 0 Å². The second-order valence-electron chi connectivity index (χ2n) is 3.13. The van der Waals surface area contributed by atoms with Crippen LogP contribution in [0.3, 0.4) is 0 Å². The molecule has 4 nitrogen and oxygen atoms in total. The predicted octanol–water partition coefficient (Wildman–Crippen LogP) is -0.174. The molecule has 0 saturated carbocycles. The lowest BCUT2D eigenvalue weighted by atomic mass is 10.1. The minimum Gasteiger partial charge on any atom is -0.356 e. The minimum absolute atomic E-state index is 0.0297. The van der Waals surface area contributed by atoms with Crippen LogP contribution in [0.1, 0.15) is 26.2 Å². The lowest BCUT2D eigenvalue weighted by Gasteiger charge is -2.12. The standard InChI is InChI=1S/C9H21N3O/c1-2-8(7-11)9(13)12-6-4-3-5-10/h8H,2-7,10-11H2,1H3,(H,12,13). The molecule has 0 aromatic rings. The van der Waals surface area contributed by atoms with Crippen LogP contribution in [-0.4, -0.2) is 25.5 Å². The highest BCUT2D eigenvalue weighted by molar-refractivity contribution is 5.78. The third-order valence-corrected chi connectivity index (χ3v) is 2.08. The van der Waals surface area contributed by atoms with Gasteiger partial charge < -0.3 is 16.8 Å². The van der Waals surface area contributed by atoms with E-state index in [0.717, 1.165) is 19.3 Å². The van der Waals surface area contributed by atoms with Gasteiger partial charge in [0.15, 0.2) is 0 Å². The highest BCUT2D eigenvalue weighted by Crippen LogP contribution is 1.99. The maximum atomic E-state index is 11.3. The van der Waals surface area contributed by atoms with Crippen molar-refractivity contribution >= 4 is 5.91 Å². The number of hydrogen-bond donors (Lipinski definition) is 3. The molecule has 0 radical (unpaired) electrons. The molecule has 0 bridgehead atoms. The van der Waals surface area contributed by atoms with Crippen LogP contribution in [0.4, 0.5) is 0 Å². The average Bonchev–Trinajstić information content (AvgIpc) is 2.14. The number of carbonyl (C=O) groups excluding carboxylic acids is 1. The Morgan fingerprint density at radius 2 is 2.08 bits per heavy atom. The monoisotopic (exact) mass is 187 g/mol. The number of hydrogen-bond acceptors (Lipinski definition) is 3. The van der Waals surface area contributed by atoms with Crippen molar-refractivity contribution in [1.29, 1.82) is 0 Å². The predicted molar refractivity (Wildman–Crippen MR) is 54.1 cm³/mol. The van der Waals surface area contributed by atoms with E-state index in [0.29, 0.717) is 19.6 Å². The molecule has 1 atom stereocenters. The van der Waals surface area contributed by atoms with E-state index in [1.165, 1.54) is 0 Å². The van der Waals surface area contributed by atoms with Gasteiger partial charge in [-0.3, -0.25) is 4.79 Å². The molecule has 0 rings (SSSR count). The first-order valence-corrected chi connectivity index (χ1v) is 4.94. The summed E-state index contributed by atoms with van der Waals surface area (Å²) in [5, 5.41) is 2.84. The van der Waals surface area contributed by atoms with Gasteiger partial charge in [-0.15, -0.1) is 0 Å². The molecule has 1 amide bonds. The van der Waals surface area contributed by atoms with Crippen molar-refractivity contribution in [2.75, 3.05) is 19.6 Å². The molecule has 0 saturated heterocycles. The average molecular weight is 187 g/mol. The van der Waals surface area contributed by atoms with Gasteiger partial charge in [-0.1, -0.05) is 6.92 Å². The Morgan fingerprint density at radius 3 is 2.54 bits per heavy atom. The van der Waals surface area contributed by atoms with Crippen molar-refractivity contribution in [2.45, 2.75) is 26.2 Å². The van der Waals surface area contributed by atoms with E-state index in [2.05, 4.69) is 5.32 Å². The Hall–Kier alpha value is -0.610.